The van der Waals surface area contributed by atoms with Gasteiger partial charge in [0.15, 0.2) is 0 Å². The molecule has 1 amide bonds. The lowest BCUT2D eigenvalue weighted by Gasteiger charge is -2.05. The van der Waals surface area contributed by atoms with E-state index in [2.05, 4.69) is 11.9 Å². The maximum Gasteiger partial charge on any atom is 0.221 e. The zero-order valence-corrected chi connectivity index (χ0v) is 5.42. The van der Waals surface area contributed by atoms with Gasteiger partial charge >= 0.3 is 0 Å². The van der Waals surface area contributed by atoms with Gasteiger partial charge < -0.3 is 10.4 Å². The maximum absolute atomic E-state index is 10.5. The first-order chi connectivity index (χ1) is 4.20. The minimum Gasteiger partial charge on any atom is -0.370 e. The van der Waals surface area contributed by atoms with E-state index in [1.54, 1.807) is 6.92 Å². The van der Waals surface area contributed by atoms with E-state index in [4.69, 9.17) is 5.11 Å². The summed E-state index contributed by atoms with van der Waals surface area (Å²) < 4.78 is 0. The van der Waals surface area contributed by atoms with Crippen LogP contribution in [0.1, 0.15) is 13.3 Å². The van der Waals surface area contributed by atoms with Crippen molar-refractivity contribution in [3.63, 3.8) is 0 Å². The summed E-state index contributed by atoms with van der Waals surface area (Å²) in [7, 11) is 0. The van der Waals surface area contributed by atoms with Crippen LogP contribution in [0.25, 0.3) is 0 Å². The van der Waals surface area contributed by atoms with Crippen LogP contribution in [-0.4, -0.2) is 17.2 Å². The monoisotopic (exact) mass is 129 g/mol. The van der Waals surface area contributed by atoms with Gasteiger partial charge in [-0.2, -0.15) is 0 Å². The van der Waals surface area contributed by atoms with E-state index in [-0.39, 0.29) is 5.91 Å². The lowest BCUT2D eigenvalue weighted by molar-refractivity contribution is -0.122. The summed E-state index contributed by atoms with van der Waals surface area (Å²) in [5, 5.41) is 11.0. The number of aliphatic hydroxyl groups is 1. The zero-order chi connectivity index (χ0) is 7.28. The standard InChI is InChI=1S/C6H11NO2/c1-3-5(8)7-6(9)4-2/h3,5,8H,1,4H2,2H3,(H,7,9). The molecule has 1 unspecified atom stereocenters. The molecule has 0 radical (unpaired) electrons. The van der Waals surface area contributed by atoms with Gasteiger partial charge in [0.1, 0.15) is 6.23 Å². The highest BCUT2D eigenvalue weighted by molar-refractivity contribution is 5.75. The molecule has 0 bridgehead atoms. The van der Waals surface area contributed by atoms with Crippen molar-refractivity contribution in [2.75, 3.05) is 0 Å². The third-order valence-electron chi connectivity index (χ3n) is 0.853. The molecular weight excluding hydrogens is 118 g/mol. The summed E-state index contributed by atoms with van der Waals surface area (Å²) in [5.41, 5.74) is 0. The van der Waals surface area contributed by atoms with Gasteiger partial charge in [0, 0.05) is 6.42 Å². The molecule has 3 nitrogen and oxygen atoms in total. The molecule has 0 saturated carbocycles. The van der Waals surface area contributed by atoms with Crippen molar-refractivity contribution >= 4 is 5.91 Å². The quantitative estimate of drug-likeness (QED) is 0.417. The van der Waals surface area contributed by atoms with Gasteiger partial charge in [-0.1, -0.05) is 13.5 Å². The van der Waals surface area contributed by atoms with Crippen LogP contribution in [0, 0.1) is 0 Å². The first kappa shape index (κ1) is 8.17. The molecular formula is C6H11NO2. The van der Waals surface area contributed by atoms with Crippen molar-refractivity contribution in [2.24, 2.45) is 0 Å². The Balaban J connectivity index is 3.46. The Bertz CT molecular complexity index is 112. The average Bonchev–Trinajstić information content (AvgIpc) is 1.87. The molecule has 0 aromatic heterocycles. The van der Waals surface area contributed by atoms with Crippen LogP contribution in [0.15, 0.2) is 12.7 Å². The molecule has 2 N–H and O–H groups in total. The van der Waals surface area contributed by atoms with E-state index < -0.39 is 6.23 Å². The summed E-state index contributed by atoms with van der Waals surface area (Å²) in [6, 6.07) is 0. The Morgan fingerprint density at radius 2 is 2.56 bits per heavy atom. The summed E-state index contributed by atoms with van der Waals surface area (Å²) >= 11 is 0. The first-order valence-electron chi connectivity index (χ1n) is 2.80. The Morgan fingerprint density at radius 3 is 2.89 bits per heavy atom. The average molecular weight is 129 g/mol. The number of carbonyl (C=O) groups excluding carboxylic acids is 1. The van der Waals surface area contributed by atoms with E-state index in [0.29, 0.717) is 6.42 Å². The number of hydrogen-bond acceptors (Lipinski definition) is 2. The fraction of sp³-hybridized carbons (Fsp3) is 0.500. The molecule has 9 heavy (non-hydrogen) atoms. The second-order valence-corrected chi connectivity index (χ2v) is 1.60. The van der Waals surface area contributed by atoms with Gasteiger partial charge in [0.25, 0.3) is 0 Å². The highest BCUT2D eigenvalue weighted by Gasteiger charge is 1.99. The Labute approximate surface area is 54.4 Å². The smallest absolute Gasteiger partial charge is 0.221 e. The lowest BCUT2D eigenvalue weighted by atomic mass is 10.4. The van der Waals surface area contributed by atoms with Gasteiger partial charge in [-0.15, -0.1) is 0 Å². The normalized spacial score (nSPS) is 12.2. The van der Waals surface area contributed by atoms with Crippen LogP contribution in [0.4, 0.5) is 0 Å². The van der Waals surface area contributed by atoms with Crippen LogP contribution in [-0.2, 0) is 4.79 Å². The second kappa shape index (κ2) is 4.09. The molecule has 0 aromatic rings. The fourth-order valence-corrected chi connectivity index (χ4v) is 0.326. The molecule has 0 aromatic carbocycles. The number of nitrogens with one attached hydrogen (secondary N) is 1. The number of carbonyl (C=O) groups is 1. The molecule has 52 valence electrons. The highest BCUT2D eigenvalue weighted by atomic mass is 16.3. The minimum atomic E-state index is -0.905. The van der Waals surface area contributed by atoms with Crippen molar-refractivity contribution in [2.45, 2.75) is 19.6 Å². The second-order valence-electron chi connectivity index (χ2n) is 1.60. The molecule has 0 aliphatic heterocycles. The fourth-order valence-electron chi connectivity index (χ4n) is 0.326. The SMILES string of the molecule is C=CC(O)NC(=O)CC. The summed E-state index contributed by atoms with van der Waals surface area (Å²) in [4.78, 5) is 10.5. The highest BCUT2D eigenvalue weighted by Crippen LogP contribution is 1.79. The topological polar surface area (TPSA) is 49.3 Å². The number of rotatable bonds is 3. The van der Waals surface area contributed by atoms with E-state index in [0.717, 1.165) is 0 Å². The Morgan fingerprint density at radius 1 is 2.00 bits per heavy atom. The number of amides is 1. The molecule has 0 aliphatic rings. The van der Waals surface area contributed by atoms with Crippen molar-refractivity contribution in [3.8, 4) is 0 Å². The minimum absolute atomic E-state index is 0.178. The molecule has 0 saturated heterocycles. The number of hydrogen-bond donors (Lipinski definition) is 2. The maximum atomic E-state index is 10.5. The van der Waals surface area contributed by atoms with Gasteiger partial charge in [-0.05, 0) is 6.08 Å². The van der Waals surface area contributed by atoms with Crippen molar-refractivity contribution in [1.82, 2.24) is 5.32 Å². The Kier molecular flexibility index (Phi) is 3.71. The predicted octanol–water partition coefficient (Wildman–Crippen LogP) is 0.0170. The molecule has 1 atom stereocenters. The largest absolute Gasteiger partial charge is 0.370 e. The summed E-state index contributed by atoms with van der Waals surface area (Å²) in [6.45, 7) is 5.00. The van der Waals surface area contributed by atoms with E-state index in [1.165, 1.54) is 6.08 Å². The van der Waals surface area contributed by atoms with Crippen molar-refractivity contribution in [1.29, 1.82) is 0 Å². The zero-order valence-electron chi connectivity index (χ0n) is 5.42. The first-order valence-corrected chi connectivity index (χ1v) is 2.80. The van der Waals surface area contributed by atoms with Gasteiger partial charge in [-0.3, -0.25) is 4.79 Å². The third-order valence-corrected chi connectivity index (χ3v) is 0.853. The summed E-state index contributed by atoms with van der Waals surface area (Å²) in [5.74, 6) is -0.178. The van der Waals surface area contributed by atoms with Crippen LogP contribution in [0.3, 0.4) is 0 Å². The molecule has 0 spiro atoms. The third kappa shape index (κ3) is 3.73. The van der Waals surface area contributed by atoms with Crippen LogP contribution < -0.4 is 5.32 Å². The molecule has 0 fully saturated rings. The van der Waals surface area contributed by atoms with Crippen LogP contribution in [0.5, 0.6) is 0 Å². The van der Waals surface area contributed by atoms with Gasteiger partial charge in [0.2, 0.25) is 5.91 Å². The predicted molar refractivity (Wildman–Crippen MR) is 34.6 cm³/mol. The molecule has 0 aliphatic carbocycles. The molecule has 0 heterocycles. The van der Waals surface area contributed by atoms with E-state index in [1.807, 2.05) is 0 Å². The van der Waals surface area contributed by atoms with E-state index >= 15 is 0 Å². The molecule has 0 rings (SSSR count). The summed E-state index contributed by atoms with van der Waals surface area (Å²) in [6.07, 6.45) is 0.732. The lowest BCUT2D eigenvalue weighted by Crippen LogP contribution is -2.32. The van der Waals surface area contributed by atoms with Gasteiger partial charge in [0.05, 0.1) is 0 Å². The van der Waals surface area contributed by atoms with Crippen LogP contribution >= 0.6 is 0 Å². The van der Waals surface area contributed by atoms with Gasteiger partial charge in [-0.25, -0.2) is 0 Å². The van der Waals surface area contributed by atoms with E-state index in [9.17, 15) is 4.79 Å². The number of aliphatic hydroxyl groups excluding tert-OH is 1. The Hall–Kier alpha value is -0.830. The van der Waals surface area contributed by atoms with Crippen molar-refractivity contribution < 1.29 is 9.90 Å². The van der Waals surface area contributed by atoms with Crippen molar-refractivity contribution in [3.05, 3.63) is 12.7 Å². The van der Waals surface area contributed by atoms with Crippen LogP contribution in [0.2, 0.25) is 0 Å². The molecule has 3 heteroatoms.